The van der Waals surface area contributed by atoms with Crippen molar-refractivity contribution < 1.29 is 9.09 Å². The van der Waals surface area contributed by atoms with Crippen LogP contribution in [0.25, 0.3) is 0 Å². The molecule has 0 amide bonds. The van der Waals surface area contributed by atoms with Gasteiger partial charge in [-0.3, -0.25) is 4.57 Å². The lowest BCUT2D eigenvalue weighted by Gasteiger charge is -2.45. The highest BCUT2D eigenvalue weighted by Gasteiger charge is 2.45. The van der Waals surface area contributed by atoms with Crippen molar-refractivity contribution in [2.24, 2.45) is 0 Å². The van der Waals surface area contributed by atoms with Gasteiger partial charge in [0.2, 0.25) is 0 Å². The summed E-state index contributed by atoms with van der Waals surface area (Å²) in [5, 5.41) is 0. The molecule has 4 heteroatoms. The summed E-state index contributed by atoms with van der Waals surface area (Å²) in [5.41, 5.74) is 0.856. The molecule has 106 valence electrons. The van der Waals surface area contributed by atoms with E-state index in [4.69, 9.17) is 4.52 Å². The molecule has 1 aromatic carbocycles. The molecule has 0 spiro atoms. The molecule has 0 N–H and O–H groups in total. The second-order valence-electron chi connectivity index (χ2n) is 6.13. The lowest BCUT2D eigenvalue weighted by Crippen LogP contribution is -2.43. The fraction of sp³-hybridized carbons (Fsp3) is 0.600. The number of rotatable bonds is 2. The van der Waals surface area contributed by atoms with Gasteiger partial charge >= 0.3 is 0 Å². The predicted octanol–water partition coefficient (Wildman–Crippen LogP) is 4.46. The van der Waals surface area contributed by atoms with E-state index in [0.717, 1.165) is 18.5 Å². The third kappa shape index (κ3) is 2.94. The fourth-order valence-corrected chi connectivity index (χ4v) is 5.59. The highest BCUT2D eigenvalue weighted by molar-refractivity contribution is 7.57. The van der Waals surface area contributed by atoms with Gasteiger partial charge in [0, 0.05) is 12.1 Å². The van der Waals surface area contributed by atoms with Crippen LogP contribution < -0.4 is 0 Å². The van der Waals surface area contributed by atoms with Gasteiger partial charge in [0.1, 0.15) is 0 Å². The first-order valence-corrected chi connectivity index (χ1v) is 8.58. The number of benzene rings is 1. The smallest absolute Gasteiger partial charge is 0.279 e. The first-order valence-electron chi connectivity index (χ1n) is 6.93. The molecule has 3 nitrogen and oxygen atoms in total. The first kappa shape index (κ1) is 14.8. The van der Waals surface area contributed by atoms with Gasteiger partial charge in [-0.2, -0.15) is 0 Å². The van der Waals surface area contributed by atoms with Crippen LogP contribution in [0.2, 0.25) is 0 Å². The van der Waals surface area contributed by atoms with Crippen LogP contribution >= 0.6 is 7.52 Å². The Morgan fingerprint density at radius 2 is 1.89 bits per heavy atom. The molecule has 1 aromatic rings. The molecule has 0 radical (unpaired) electrons. The topological polar surface area (TPSA) is 29.5 Å². The fourth-order valence-electron chi connectivity index (χ4n) is 2.61. The van der Waals surface area contributed by atoms with E-state index in [0.29, 0.717) is 6.61 Å². The molecule has 2 rings (SSSR count). The van der Waals surface area contributed by atoms with E-state index >= 15 is 0 Å². The summed E-state index contributed by atoms with van der Waals surface area (Å²) in [6.07, 6.45) is 0.947. The Balaban J connectivity index is 2.36. The van der Waals surface area contributed by atoms with E-state index in [1.54, 1.807) is 0 Å². The lowest BCUT2D eigenvalue weighted by molar-refractivity contribution is 0.141. The Morgan fingerprint density at radius 1 is 1.26 bits per heavy atom. The van der Waals surface area contributed by atoms with Crippen molar-refractivity contribution in [2.45, 2.75) is 45.3 Å². The van der Waals surface area contributed by atoms with Crippen LogP contribution in [-0.4, -0.2) is 23.4 Å². The SMILES string of the molecule is C[C@@H](c1ccccc1)P1(=O)OCCCN1C(C)(C)C. The minimum absolute atomic E-state index is 0.0896. The Hall–Kier alpha value is -0.630. The van der Waals surface area contributed by atoms with Crippen LogP contribution in [-0.2, 0) is 9.09 Å². The van der Waals surface area contributed by atoms with Gasteiger partial charge in [-0.25, -0.2) is 4.67 Å². The Bertz CT molecular complexity index is 467. The maximum atomic E-state index is 13.4. The highest BCUT2D eigenvalue weighted by Crippen LogP contribution is 2.66. The normalized spacial score (nSPS) is 27.2. The lowest BCUT2D eigenvalue weighted by atomic mass is 10.1. The van der Waals surface area contributed by atoms with Gasteiger partial charge in [0.15, 0.2) is 0 Å². The number of nitrogens with zero attached hydrogens (tertiary/aromatic N) is 1. The molecule has 2 atom stereocenters. The van der Waals surface area contributed by atoms with Gasteiger partial charge in [0.05, 0.1) is 12.3 Å². The van der Waals surface area contributed by atoms with Gasteiger partial charge < -0.3 is 4.52 Å². The maximum Gasteiger partial charge on any atom is 0.279 e. The summed E-state index contributed by atoms with van der Waals surface area (Å²) in [7, 11) is -2.82. The quantitative estimate of drug-likeness (QED) is 0.749. The van der Waals surface area contributed by atoms with Crippen molar-refractivity contribution in [1.29, 1.82) is 0 Å². The summed E-state index contributed by atoms with van der Waals surface area (Å²) in [6, 6.07) is 10.0. The second-order valence-corrected chi connectivity index (χ2v) is 8.78. The molecule has 0 aliphatic carbocycles. The third-order valence-electron chi connectivity index (χ3n) is 3.67. The first-order chi connectivity index (χ1) is 8.86. The minimum atomic E-state index is -2.82. The van der Waals surface area contributed by atoms with Crippen molar-refractivity contribution in [2.75, 3.05) is 13.2 Å². The van der Waals surface area contributed by atoms with Crippen molar-refractivity contribution >= 4 is 7.52 Å². The zero-order valence-corrected chi connectivity index (χ0v) is 13.2. The largest absolute Gasteiger partial charge is 0.317 e. The molecule has 1 heterocycles. The molecule has 19 heavy (non-hydrogen) atoms. The van der Waals surface area contributed by atoms with E-state index in [2.05, 4.69) is 25.4 Å². The molecule has 1 aliphatic heterocycles. The average molecular weight is 281 g/mol. The van der Waals surface area contributed by atoms with Crippen LogP contribution in [0, 0.1) is 0 Å². The van der Waals surface area contributed by atoms with Gasteiger partial charge in [-0.05, 0) is 39.7 Å². The standard InChI is InChI=1S/C15H24NO2P/c1-13(14-9-6-5-7-10-14)19(17)16(15(2,3)4)11-8-12-18-19/h5-7,9-10,13H,8,11-12H2,1-4H3/t13-,19?/m0/s1. The molecule has 1 unspecified atom stereocenters. The summed E-state index contributed by atoms with van der Waals surface area (Å²) in [6.45, 7) is 9.77. The van der Waals surface area contributed by atoms with E-state index in [1.165, 1.54) is 0 Å². The van der Waals surface area contributed by atoms with E-state index in [-0.39, 0.29) is 11.2 Å². The highest BCUT2D eigenvalue weighted by atomic mass is 31.2. The number of hydrogen-bond donors (Lipinski definition) is 0. The summed E-state index contributed by atoms with van der Waals surface area (Å²) in [4.78, 5) is 0. The van der Waals surface area contributed by atoms with Crippen LogP contribution in [0.5, 0.6) is 0 Å². The van der Waals surface area contributed by atoms with Crippen molar-refractivity contribution in [1.82, 2.24) is 4.67 Å². The Kier molecular flexibility index (Phi) is 4.20. The van der Waals surface area contributed by atoms with Crippen molar-refractivity contribution in [3.05, 3.63) is 35.9 Å². The molecule has 0 saturated carbocycles. The van der Waals surface area contributed by atoms with E-state index in [1.807, 2.05) is 37.3 Å². The monoisotopic (exact) mass is 281 g/mol. The summed E-state index contributed by atoms with van der Waals surface area (Å²) >= 11 is 0. The third-order valence-corrected chi connectivity index (χ3v) is 6.98. The minimum Gasteiger partial charge on any atom is -0.317 e. The van der Waals surface area contributed by atoms with Crippen LogP contribution in [0.1, 0.15) is 45.3 Å². The Morgan fingerprint density at radius 3 is 2.47 bits per heavy atom. The molecule has 1 fully saturated rings. The van der Waals surface area contributed by atoms with Crippen LogP contribution in [0.3, 0.4) is 0 Å². The van der Waals surface area contributed by atoms with Crippen molar-refractivity contribution in [3.8, 4) is 0 Å². The zero-order valence-electron chi connectivity index (χ0n) is 12.3. The van der Waals surface area contributed by atoms with Crippen LogP contribution in [0.15, 0.2) is 30.3 Å². The molecule has 0 aromatic heterocycles. The molecular weight excluding hydrogens is 257 g/mol. The Labute approximate surface area is 116 Å². The van der Waals surface area contributed by atoms with Gasteiger partial charge in [-0.1, -0.05) is 30.3 Å². The molecule has 0 bridgehead atoms. The second kappa shape index (κ2) is 5.40. The molecule has 1 saturated heterocycles. The van der Waals surface area contributed by atoms with Gasteiger partial charge in [-0.15, -0.1) is 0 Å². The van der Waals surface area contributed by atoms with E-state index < -0.39 is 7.52 Å². The van der Waals surface area contributed by atoms with E-state index in [9.17, 15) is 4.57 Å². The predicted molar refractivity (Wildman–Crippen MR) is 79.5 cm³/mol. The van der Waals surface area contributed by atoms with Gasteiger partial charge in [0.25, 0.3) is 7.52 Å². The van der Waals surface area contributed by atoms with Crippen LogP contribution in [0.4, 0.5) is 0 Å². The number of hydrogen-bond acceptors (Lipinski definition) is 2. The maximum absolute atomic E-state index is 13.4. The zero-order chi connectivity index (χ0) is 14.1. The molecule has 1 aliphatic rings. The van der Waals surface area contributed by atoms with Crippen molar-refractivity contribution in [3.63, 3.8) is 0 Å². The summed E-state index contributed by atoms with van der Waals surface area (Å²) in [5.74, 6) is 0. The molecular formula is C15H24NO2P. The summed E-state index contributed by atoms with van der Waals surface area (Å²) < 4.78 is 21.3. The average Bonchev–Trinajstić information content (AvgIpc) is 2.38.